The molecule has 0 aliphatic rings. The van der Waals surface area contributed by atoms with Crippen LogP contribution >= 0.6 is 31.7 Å². The normalized spacial score (nSPS) is 11.0. The molecule has 67 heavy (non-hydrogen) atoms. The molecule has 0 aliphatic heterocycles. The summed E-state index contributed by atoms with van der Waals surface area (Å²) in [6, 6.07) is 88.4. The van der Waals surface area contributed by atoms with Gasteiger partial charge in [0.25, 0.3) is 0 Å². The van der Waals surface area contributed by atoms with Crippen molar-refractivity contribution in [3.63, 3.8) is 0 Å². The summed E-state index contributed by atoms with van der Waals surface area (Å²) in [5.41, 5.74) is 0. The molecule has 15 heteroatoms. The Morgan fingerprint density at radius 3 is 0.388 bits per heavy atom. The van der Waals surface area contributed by atoms with Gasteiger partial charge in [0.1, 0.15) is 0 Å². The smallest absolute Gasteiger partial charge is 0.222 e. The Kier molecular flexibility index (Phi) is 25.0. The van der Waals surface area contributed by atoms with Crippen LogP contribution in [0, 0.1) is 20.5 Å². The quantitative estimate of drug-likeness (QED) is 0.145. The summed E-state index contributed by atoms with van der Waals surface area (Å²) in [5, 5.41) is 11.8. The van der Waals surface area contributed by atoms with E-state index in [2.05, 4.69) is 243 Å². The number of hydrogen-bond donors (Lipinski definition) is 0. The summed E-state index contributed by atoms with van der Waals surface area (Å²) >= 11 is 0. The molecule has 8 rings (SSSR count). The van der Waals surface area contributed by atoms with E-state index in [1.807, 2.05) is 0 Å². The first-order chi connectivity index (χ1) is 31.8. The van der Waals surface area contributed by atoms with Crippen molar-refractivity contribution in [2.24, 2.45) is 0 Å². The van der Waals surface area contributed by atoms with Gasteiger partial charge in [0.15, 0.2) is 0 Å². The molecule has 8 aromatic carbocycles. The SMILES string of the molecule is [Co+2].[O-][Cl+3]([O-])([O-])[O-].[O-][Cl+3]([O-])([O-])[O-].c1ccc(P(CCP(c2ccccc2)c2ccccc2)c2ccccc2)cc1.c1ccc(P(CCP(c2ccccc2)c2ccccc2)c2ccccc2)cc1. The molecule has 0 bridgehead atoms. The third-order valence-corrected chi connectivity index (χ3v) is 20.4. The second kappa shape index (κ2) is 30.0. The Hall–Kier alpha value is -3.75. The number of halogens is 2. The Labute approximate surface area is 413 Å². The molecule has 0 unspecified atom stereocenters. The zero-order valence-corrected chi connectivity index (χ0v) is 42.2. The molecule has 0 saturated heterocycles. The van der Waals surface area contributed by atoms with E-state index in [1.54, 1.807) is 0 Å². The Bertz CT molecular complexity index is 1980. The first-order valence-electron chi connectivity index (χ1n) is 20.6. The Morgan fingerprint density at radius 2 is 0.299 bits per heavy atom. The summed E-state index contributed by atoms with van der Waals surface area (Å²) in [6.45, 7) is 0. The van der Waals surface area contributed by atoms with Crippen molar-refractivity contribution in [2.75, 3.05) is 24.6 Å². The van der Waals surface area contributed by atoms with E-state index >= 15 is 0 Å². The molecule has 0 aromatic heterocycles. The van der Waals surface area contributed by atoms with Crippen molar-refractivity contribution >= 4 is 74.1 Å². The van der Waals surface area contributed by atoms with Crippen LogP contribution in [0.4, 0.5) is 0 Å². The van der Waals surface area contributed by atoms with Crippen LogP contribution < -0.4 is 79.7 Å². The molecular formula is C52H48Cl2CoO8P4. The molecule has 8 aromatic rings. The number of rotatable bonds is 14. The minimum absolute atomic E-state index is 0. The minimum Gasteiger partial charge on any atom is -0.222 e. The van der Waals surface area contributed by atoms with E-state index in [0.29, 0.717) is 0 Å². The van der Waals surface area contributed by atoms with Crippen molar-refractivity contribution in [2.45, 2.75) is 0 Å². The van der Waals surface area contributed by atoms with Gasteiger partial charge in [0.05, 0.1) is 0 Å². The van der Waals surface area contributed by atoms with E-state index < -0.39 is 20.5 Å². The topological polar surface area (TPSA) is 184 Å². The van der Waals surface area contributed by atoms with E-state index in [9.17, 15) is 0 Å². The van der Waals surface area contributed by atoms with Crippen LogP contribution in [0.2, 0.25) is 0 Å². The van der Waals surface area contributed by atoms with E-state index in [4.69, 9.17) is 37.3 Å². The largest absolute Gasteiger partial charge is 2.00 e. The van der Waals surface area contributed by atoms with Gasteiger partial charge in [0, 0.05) is 0 Å². The maximum absolute atomic E-state index is 8.49. The van der Waals surface area contributed by atoms with Crippen LogP contribution in [-0.4, -0.2) is 24.6 Å². The molecule has 0 heterocycles. The van der Waals surface area contributed by atoms with Gasteiger partial charge in [0.2, 0.25) is 0 Å². The first-order valence-corrected chi connectivity index (χ1v) is 29.2. The van der Waals surface area contributed by atoms with Crippen molar-refractivity contribution < 1.29 is 74.5 Å². The van der Waals surface area contributed by atoms with Crippen molar-refractivity contribution in [1.82, 2.24) is 0 Å². The number of hydrogen-bond acceptors (Lipinski definition) is 8. The van der Waals surface area contributed by atoms with Gasteiger partial charge in [-0.15, -0.1) is 20.5 Å². The molecule has 0 N–H and O–H groups in total. The minimum atomic E-state index is -4.94. The summed E-state index contributed by atoms with van der Waals surface area (Å²) in [5.74, 6) is 0. The Morgan fingerprint density at radius 1 is 0.209 bits per heavy atom. The van der Waals surface area contributed by atoms with Crippen LogP contribution in [0.1, 0.15) is 0 Å². The standard InChI is InChI=1S/2C26H24P2.2ClHO4.Co/c2*1-5-13-23(14-6-1)27(24-15-7-2-8-16-24)21-22-28(25-17-9-3-10-18-25)26-19-11-4-12-20-26;2*2-1(3,4)5;/h2*1-20H,21-22H2;2*(H,2,3,4,5);/q;;;;+2/p-2. The summed E-state index contributed by atoms with van der Waals surface area (Å²) < 4.78 is 67.9. The summed E-state index contributed by atoms with van der Waals surface area (Å²) in [6.07, 6.45) is 4.83. The van der Waals surface area contributed by atoms with E-state index in [0.717, 1.165) is 0 Å². The average Bonchev–Trinajstić information content (AvgIpc) is 3.33. The van der Waals surface area contributed by atoms with Crippen LogP contribution in [0.5, 0.6) is 0 Å². The first kappa shape index (κ1) is 55.8. The number of benzene rings is 8. The van der Waals surface area contributed by atoms with Gasteiger partial charge in [-0.1, -0.05) is 243 Å². The average molecular weight is 1050 g/mol. The molecule has 347 valence electrons. The molecule has 1 radical (unpaired) electrons. The zero-order chi connectivity index (χ0) is 47.0. The molecule has 0 saturated carbocycles. The van der Waals surface area contributed by atoms with Crippen LogP contribution in [0.15, 0.2) is 243 Å². The van der Waals surface area contributed by atoms with Gasteiger partial charge >= 0.3 is 16.8 Å². The van der Waals surface area contributed by atoms with Crippen LogP contribution in [-0.2, 0) is 16.8 Å². The molecule has 0 fully saturated rings. The maximum atomic E-state index is 8.49. The van der Waals surface area contributed by atoms with E-state index in [1.165, 1.54) is 67.1 Å². The molecule has 0 atom stereocenters. The molecule has 0 aliphatic carbocycles. The second-order valence-corrected chi connectivity index (χ2v) is 24.9. The van der Waals surface area contributed by atoms with Crippen molar-refractivity contribution in [3.05, 3.63) is 243 Å². The predicted molar refractivity (Wildman–Crippen MR) is 256 cm³/mol. The molecule has 0 amide bonds. The van der Waals surface area contributed by atoms with Gasteiger partial charge in [-0.25, -0.2) is 37.3 Å². The van der Waals surface area contributed by atoms with Crippen LogP contribution in [0.3, 0.4) is 0 Å². The van der Waals surface area contributed by atoms with Crippen molar-refractivity contribution in [3.8, 4) is 0 Å². The van der Waals surface area contributed by atoms with Gasteiger partial charge in [-0.2, -0.15) is 0 Å². The summed E-state index contributed by atoms with van der Waals surface area (Å²) in [4.78, 5) is 0. The fraction of sp³-hybridized carbons (Fsp3) is 0.0769. The predicted octanol–water partition coefficient (Wildman–Crippen LogP) is 0.990. The second-order valence-electron chi connectivity index (χ2n) is 14.0. The third-order valence-electron chi connectivity index (χ3n) is 9.64. The van der Waals surface area contributed by atoms with Crippen LogP contribution in [0.25, 0.3) is 0 Å². The summed E-state index contributed by atoms with van der Waals surface area (Å²) in [7, 11) is -11.3. The van der Waals surface area contributed by atoms with Gasteiger partial charge in [-0.3, -0.25) is 0 Å². The van der Waals surface area contributed by atoms with Gasteiger partial charge in [-0.05, 0) is 98.8 Å². The molecule has 0 spiro atoms. The van der Waals surface area contributed by atoms with Gasteiger partial charge < -0.3 is 0 Å². The fourth-order valence-corrected chi connectivity index (χ4v) is 17.6. The van der Waals surface area contributed by atoms with Crippen molar-refractivity contribution in [1.29, 1.82) is 0 Å². The molecular weight excluding hydrogens is 1010 g/mol. The fourth-order valence-electron chi connectivity index (χ4n) is 6.89. The van der Waals surface area contributed by atoms with E-state index in [-0.39, 0.29) is 48.5 Å². The third kappa shape index (κ3) is 21.6. The molecule has 8 nitrogen and oxygen atoms in total. The maximum Gasteiger partial charge on any atom is 2.00 e. The zero-order valence-electron chi connectivity index (χ0n) is 36.1. The Balaban J connectivity index is 0.000000241. The monoisotopic (exact) mass is 1050 g/mol.